The molecule has 0 atom stereocenters. The molecule has 0 radical (unpaired) electrons. The molecule has 7 heteroatoms. The second-order valence-electron chi connectivity index (χ2n) is 10.6. The minimum absolute atomic E-state index is 0.200. The van der Waals surface area contributed by atoms with Crippen molar-refractivity contribution in [2.75, 3.05) is 11.9 Å². The number of urea groups is 1. The fourth-order valence-electron chi connectivity index (χ4n) is 5.55. The molecule has 0 bridgehead atoms. The highest BCUT2D eigenvalue weighted by Gasteiger charge is 2.57. The van der Waals surface area contributed by atoms with Crippen LogP contribution in [0, 0.1) is 5.82 Å². The number of carbonyl (C=O) groups is 3. The number of rotatable bonds is 7. The predicted molar refractivity (Wildman–Crippen MR) is 138 cm³/mol. The third-order valence-electron chi connectivity index (χ3n) is 7.50. The summed E-state index contributed by atoms with van der Waals surface area (Å²) in [5.74, 6) is -0.640. The molecule has 192 valence electrons. The SMILES string of the molecule is CC(C)c1cccc(C(C)C)c1NC(=O)CN1C(=O)N(Cc2ccc(F)cc2)C2(CCCCC2)C1=O. The van der Waals surface area contributed by atoms with E-state index < -0.39 is 11.6 Å². The maximum Gasteiger partial charge on any atom is 0.328 e. The van der Waals surface area contributed by atoms with Crippen molar-refractivity contribution in [2.45, 2.75) is 83.7 Å². The summed E-state index contributed by atoms with van der Waals surface area (Å²) in [6.07, 6.45) is 3.85. The van der Waals surface area contributed by atoms with Crippen LogP contribution in [0.25, 0.3) is 0 Å². The van der Waals surface area contributed by atoms with Crippen LogP contribution in [0.4, 0.5) is 14.9 Å². The van der Waals surface area contributed by atoms with Crippen molar-refractivity contribution in [1.29, 1.82) is 0 Å². The fourth-order valence-corrected chi connectivity index (χ4v) is 5.55. The van der Waals surface area contributed by atoms with Crippen LogP contribution in [-0.2, 0) is 16.1 Å². The van der Waals surface area contributed by atoms with Crippen molar-refractivity contribution in [1.82, 2.24) is 9.80 Å². The van der Waals surface area contributed by atoms with Crippen LogP contribution in [0.15, 0.2) is 42.5 Å². The summed E-state index contributed by atoms with van der Waals surface area (Å²) in [5, 5.41) is 3.03. The molecule has 2 aliphatic rings. The van der Waals surface area contributed by atoms with Crippen LogP contribution in [-0.4, -0.2) is 39.7 Å². The van der Waals surface area contributed by atoms with Crippen molar-refractivity contribution >= 4 is 23.5 Å². The zero-order valence-corrected chi connectivity index (χ0v) is 21.6. The molecule has 6 nitrogen and oxygen atoms in total. The normalized spacial score (nSPS) is 17.5. The van der Waals surface area contributed by atoms with E-state index in [4.69, 9.17) is 0 Å². The van der Waals surface area contributed by atoms with Crippen molar-refractivity contribution < 1.29 is 18.8 Å². The molecule has 1 aliphatic heterocycles. The number of hydrogen-bond acceptors (Lipinski definition) is 3. The third-order valence-corrected chi connectivity index (χ3v) is 7.50. The van der Waals surface area contributed by atoms with E-state index in [2.05, 4.69) is 33.0 Å². The third kappa shape index (κ3) is 4.88. The van der Waals surface area contributed by atoms with E-state index in [1.54, 1.807) is 17.0 Å². The van der Waals surface area contributed by atoms with E-state index in [0.717, 1.165) is 46.5 Å². The lowest BCUT2D eigenvalue weighted by Crippen LogP contribution is -2.50. The summed E-state index contributed by atoms with van der Waals surface area (Å²) in [6, 6.07) is 11.5. The molecule has 2 aromatic carbocycles. The Morgan fingerprint density at radius 3 is 2.08 bits per heavy atom. The highest BCUT2D eigenvalue weighted by Crippen LogP contribution is 2.41. The molecule has 0 unspecified atom stereocenters. The van der Waals surface area contributed by atoms with Crippen LogP contribution in [0.3, 0.4) is 0 Å². The topological polar surface area (TPSA) is 69.7 Å². The van der Waals surface area contributed by atoms with Crippen molar-refractivity contribution in [2.24, 2.45) is 0 Å². The number of benzene rings is 2. The summed E-state index contributed by atoms with van der Waals surface area (Å²) in [6.45, 7) is 8.16. The van der Waals surface area contributed by atoms with E-state index in [-0.39, 0.29) is 42.6 Å². The first kappa shape index (κ1) is 25.9. The van der Waals surface area contributed by atoms with Gasteiger partial charge in [-0.15, -0.1) is 0 Å². The summed E-state index contributed by atoms with van der Waals surface area (Å²) in [7, 11) is 0. The Kier molecular flexibility index (Phi) is 7.48. The first-order chi connectivity index (χ1) is 17.1. The fraction of sp³-hybridized carbons (Fsp3) is 0.483. The van der Waals surface area contributed by atoms with Crippen LogP contribution >= 0.6 is 0 Å². The highest BCUT2D eigenvalue weighted by atomic mass is 19.1. The quantitative estimate of drug-likeness (QED) is 0.469. The van der Waals surface area contributed by atoms with Crippen LogP contribution < -0.4 is 5.32 Å². The molecular weight excluding hydrogens is 457 g/mol. The Bertz CT molecular complexity index is 1110. The molecule has 4 rings (SSSR count). The average molecular weight is 494 g/mol. The predicted octanol–water partition coefficient (Wildman–Crippen LogP) is 6.18. The van der Waals surface area contributed by atoms with Crippen molar-refractivity contribution in [3.63, 3.8) is 0 Å². The van der Waals surface area contributed by atoms with E-state index >= 15 is 0 Å². The maximum atomic E-state index is 13.7. The number of halogens is 1. The summed E-state index contributed by atoms with van der Waals surface area (Å²) in [5.41, 5.74) is 2.62. The summed E-state index contributed by atoms with van der Waals surface area (Å²) >= 11 is 0. The lowest BCUT2D eigenvalue weighted by atomic mass is 9.80. The minimum Gasteiger partial charge on any atom is -0.324 e. The number of hydrogen-bond donors (Lipinski definition) is 1. The van der Waals surface area contributed by atoms with Gasteiger partial charge in [-0.25, -0.2) is 9.18 Å². The van der Waals surface area contributed by atoms with Gasteiger partial charge in [-0.05, 0) is 53.5 Å². The highest BCUT2D eigenvalue weighted by molar-refractivity contribution is 6.10. The Morgan fingerprint density at radius 1 is 0.944 bits per heavy atom. The van der Waals surface area contributed by atoms with Gasteiger partial charge >= 0.3 is 6.03 Å². The molecule has 36 heavy (non-hydrogen) atoms. The second-order valence-corrected chi connectivity index (χ2v) is 10.6. The summed E-state index contributed by atoms with van der Waals surface area (Å²) in [4.78, 5) is 43.3. The first-order valence-corrected chi connectivity index (χ1v) is 12.9. The van der Waals surface area contributed by atoms with Gasteiger partial charge in [-0.3, -0.25) is 14.5 Å². The molecule has 0 aromatic heterocycles. The van der Waals surface area contributed by atoms with Crippen LogP contribution in [0.5, 0.6) is 0 Å². The number of imide groups is 1. The molecule has 1 aliphatic carbocycles. The van der Waals surface area contributed by atoms with Gasteiger partial charge in [0.05, 0.1) is 0 Å². The number of para-hydroxylation sites is 1. The molecule has 2 aromatic rings. The van der Waals surface area contributed by atoms with Crippen molar-refractivity contribution in [3.8, 4) is 0 Å². The monoisotopic (exact) mass is 493 g/mol. The Balaban J connectivity index is 1.59. The number of carbonyl (C=O) groups excluding carboxylic acids is 3. The van der Waals surface area contributed by atoms with E-state index in [9.17, 15) is 18.8 Å². The lowest BCUT2D eigenvalue weighted by Gasteiger charge is -2.38. The molecule has 2 fully saturated rings. The van der Waals surface area contributed by atoms with E-state index in [0.29, 0.717) is 12.8 Å². The first-order valence-electron chi connectivity index (χ1n) is 12.9. The average Bonchev–Trinajstić information content (AvgIpc) is 3.02. The smallest absolute Gasteiger partial charge is 0.324 e. The molecule has 4 amide bonds. The van der Waals surface area contributed by atoms with Gasteiger partial charge < -0.3 is 10.2 Å². The van der Waals surface area contributed by atoms with Crippen LogP contribution in [0.2, 0.25) is 0 Å². The molecule has 1 N–H and O–H groups in total. The molecular formula is C29H36FN3O3. The lowest BCUT2D eigenvalue weighted by molar-refractivity contribution is -0.137. The zero-order chi connectivity index (χ0) is 26.0. The Hall–Kier alpha value is -3.22. The Labute approximate surface area is 212 Å². The zero-order valence-electron chi connectivity index (χ0n) is 21.6. The van der Waals surface area contributed by atoms with E-state index in [1.807, 2.05) is 18.2 Å². The van der Waals surface area contributed by atoms with Gasteiger partial charge in [-0.1, -0.05) is 77.3 Å². The second kappa shape index (κ2) is 10.4. The van der Waals surface area contributed by atoms with Crippen LogP contribution in [0.1, 0.15) is 88.3 Å². The Morgan fingerprint density at radius 2 is 1.53 bits per heavy atom. The largest absolute Gasteiger partial charge is 0.328 e. The number of amides is 4. The van der Waals surface area contributed by atoms with E-state index in [1.165, 1.54) is 12.1 Å². The molecule has 1 saturated heterocycles. The standard InChI is InChI=1S/C29H36FN3O3/c1-19(2)23-9-8-10-24(20(3)4)26(23)31-25(34)18-32-27(35)29(15-6-5-7-16-29)33(28(32)36)17-21-11-13-22(30)14-12-21/h8-14,19-20H,5-7,15-18H2,1-4H3,(H,31,34). The molecule has 1 spiro atoms. The van der Waals surface area contributed by atoms with Gasteiger partial charge in [0.25, 0.3) is 5.91 Å². The number of nitrogens with zero attached hydrogens (tertiary/aromatic N) is 2. The van der Waals surface area contributed by atoms with Gasteiger partial charge in [0, 0.05) is 12.2 Å². The van der Waals surface area contributed by atoms with Gasteiger partial charge in [-0.2, -0.15) is 0 Å². The minimum atomic E-state index is -0.942. The maximum absolute atomic E-state index is 13.7. The van der Waals surface area contributed by atoms with Gasteiger partial charge in [0.15, 0.2) is 0 Å². The van der Waals surface area contributed by atoms with Crippen molar-refractivity contribution in [3.05, 3.63) is 65.0 Å². The number of anilines is 1. The summed E-state index contributed by atoms with van der Waals surface area (Å²) < 4.78 is 13.4. The molecule has 1 heterocycles. The number of nitrogens with one attached hydrogen (secondary N) is 1. The van der Waals surface area contributed by atoms with Gasteiger partial charge in [0.1, 0.15) is 17.9 Å². The molecule has 1 saturated carbocycles. The van der Waals surface area contributed by atoms with Gasteiger partial charge in [0.2, 0.25) is 5.91 Å².